The van der Waals surface area contributed by atoms with Crippen molar-refractivity contribution in [3.63, 3.8) is 0 Å². The van der Waals surface area contributed by atoms with E-state index in [2.05, 4.69) is 15.6 Å². The molecule has 17 heavy (non-hydrogen) atoms. The molecule has 7 heteroatoms. The first-order valence-electron chi connectivity index (χ1n) is 5.01. The largest absolute Gasteiger partial charge is 0.314 e. The number of hydrogen-bond donors (Lipinski definition) is 1. The van der Waals surface area contributed by atoms with Gasteiger partial charge in [-0.05, 0) is 13.1 Å². The molecule has 0 fully saturated rings. The Balaban J connectivity index is 2.32. The van der Waals surface area contributed by atoms with Gasteiger partial charge >= 0.3 is 0 Å². The third kappa shape index (κ3) is 2.45. The van der Waals surface area contributed by atoms with Crippen molar-refractivity contribution in [2.24, 2.45) is 0 Å². The molecule has 0 saturated carbocycles. The number of nitrogens with zero attached hydrogens (tertiary/aromatic N) is 4. The van der Waals surface area contributed by atoms with E-state index < -0.39 is 4.92 Å². The van der Waals surface area contributed by atoms with Crippen LogP contribution in [0.1, 0.15) is 5.69 Å². The zero-order valence-electron chi connectivity index (χ0n) is 9.20. The second-order valence-electron chi connectivity index (χ2n) is 3.46. The maximum atomic E-state index is 10.6. The van der Waals surface area contributed by atoms with Gasteiger partial charge in [0.2, 0.25) is 0 Å². The summed E-state index contributed by atoms with van der Waals surface area (Å²) in [7, 11) is 1.81. The fourth-order valence-electron chi connectivity index (χ4n) is 1.44. The lowest BCUT2D eigenvalue weighted by Gasteiger charge is -1.98. The van der Waals surface area contributed by atoms with Crippen molar-refractivity contribution >= 4 is 5.69 Å². The molecule has 0 atom stereocenters. The van der Waals surface area contributed by atoms with Crippen LogP contribution in [0.4, 0.5) is 5.69 Å². The highest BCUT2D eigenvalue weighted by molar-refractivity contribution is 5.42. The van der Waals surface area contributed by atoms with E-state index in [1.54, 1.807) is 18.3 Å². The molecule has 0 unspecified atom stereocenters. The summed E-state index contributed by atoms with van der Waals surface area (Å²) in [5.74, 6) is 0. The lowest BCUT2D eigenvalue weighted by molar-refractivity contribution is -0.384. The number of nitro benzene ring substituents is 1. The van der Waals surface area contributed by atoms with Crippen LogP contribution in [0.25, 0.3) is 5.69 Å². The second kappa shape index (κ2) is 4.71. The van der Waals surface area contributed by atoms with Crippen molar-refractivity contribution in [3.05, 3.63) is 46.3 Å². The van der Waals surface area contributed by atoms with Gasteiger partial charge in [-0.2, -0.15) is 0 Å². The fourth-order valence-corrected chi connectivity index (χ4v) is 1.44. The van der Waals surface area contributed by atoms with Crippen molar-refractivity contribution in [2.75, 3.05) is 7.05 Å². The van der Waals surface area contributed by atoms with Gasteiger partial charge < -0.3 is 5.32 Å². The van der Waals surface area contributed by atoms with Crippen LogP contribution in [-0.2, 0) is 6.54 Å². The molecule has 7 nitrogen and oxygen atoms in total. The predicted molar refractivity (Wildman–Crippen MR) is 60.8 cm³/mol. The number of nitro groups is 1. The quantitative estimate of drug-likeness (QED) is 0.626. The smallest absolute Gasteiger partial charge is 0.271 e. The van der Waals surface area contributed by atoms with Crippen LogP contribution >= 0.6 is 0 Å². The average Bonchev–Trinajstić information content (AvgIpc) is 2.78. The fraction of sp³-hybridized carbons (Fsp3) is 0.200. The molecule has 2 rings (SSSR count). The Kier molecular flexibility index (Phi) is 3.10. The van der Waals surface area contributed by atoms with Crippen LogP contribution in [0, 0.1) is 10.1 Å². The molecule has 0 aliphatic rings. The Morgan fingerprint density at radius 3 is 3.06 bits per heavy atom. The highest BCUT2D eigenvalue weighted by atomic mass is 16.6. The predicted octanol–water partition coefficient (Wildman–Crippen LogP) is 0.895. The maximum Gasteiger partial charge on any atom is 0.271 e. The second-order valence-corrected chi connectivity index (χ2v) is 3.46. The highest BCUT2D eigenvalue weighted by Crippen LogP contribution is 2.15. The van der Waals surface area contributed by atoms with Gasteiger partial charge in [0.1, 0.15) is 0 Å². The molecule has 1 N–H and O–H groups in total. The zero-order valence-corrected chi connectivity index (χ0v) is 9.20. The van der Waals surface area contributed by atoms with Gasteiger partial charge in [0.15, 0.2) is 0 Å². The van der Waals surface area contributed by atoms with Crippen molar-refractivity contribution in [1.82, 2.24) is 20.3 Å². The molecular formula is C10H11N5O2. The molecule has 1 aromatic carbocycles. The normalized spacial score (nSPS) is 10.4. The van der Waals surface area contributed by atoms with Crippen molar-refractivity contribution in [2.45, 2.75) is 6.54 Å². The minimum atomic E-state index is -0.436. The van der Waals surface area contributed by atoms with E-state index >= 15 is 0 Å². The van der Waals surface area contributed by atoms with Crippen molar-refractivity contribution in [1.29, 1.82) is 0 Å². The summed E-state index contributed by atoms with van der Waals surface area (Å²) < 4.78 is 1.51. The van der Waals surface area contributed by atoms with Crippen molar-refractivity contribution < 1.29 is 4.92 Å². The summed E-state index contributed by atoms with van der Waals surface area (Å²) in [6.45, 7) is 0.606. The molecule has 0 radical (unpaired) electrons. The van der Waals surface area contributed by atoms with Gasteiger partial charge in [-0.1, -0.05) is 11.3 Å². The number of rotatable bonds is 4. The molecular weight excluding hydrogens is 222 g/mol. The summed E-state index contributed by atoms with van der Waals surface area (Å²) in [6.07, 6.45) is 1.73. The minimum absolute atomic E-state index is 0.0353. The summed E-state index contributed by atoms with van der Waals surface area (Å²) in [5, 5.41) is 21.4. The lowest BCUT2D eigenvalue weighted by atomic mass is 10.3. The van der Waals surface area contributed by atoms with E-state index in [4.69, 9.17) is 0 Å². The highest BCUT2D eigenvalue weighted by Gasteiger charge is 2.08. The number of non-ortho nitro benzene ring substituents is 1. The molecule has 0 bridgehead atoms. The van der Waals surface area contributed by atoms with Gasteiger partial charge in [-0.15, -0.1) is 5.10 Å². The van der Waals surface area contributed by atoms with E-state index in [1.165, 1.54) is 16.8 Å². The first-order valence-corrected chi connectivity index (χ1v) is 5.01. The van der Waals surface area contributed by atoms with Crippen LogP contribution in [0.3, 0.4) is 0 Å². The average molecular weight is 233 g/mol. The first kappa shape index (κ1) is 11.2. The first-order chi connectivity index (χ1) is 8.20. The molecule has 88 valence electrons. The number of nitrogens with one attached hydrogen (secondary N) is 1. The molecule has 0 saturated heterocycles. The van der Waals surface area contributed by atoms with E-state index in [9.17, 15) is 10.1 Å². The number of benzene rings is 1. The Morgan fingerprint density at radius 2 is 2.35 bits per heavy atom. The Labute approximate surface area is 97.2 Å². The molecule has 0 spiro atoms. The standard InChI is InChI=1S/C10H11N5O2/c1-11-6-8-7-14(13-12-8)9-3-2-4-10(5-9)15(16)17/h2-5,7,11H,6H2,1H3. The third-order valence-corrected chi connectivity index (χ3v) is 2.20. The van der Waals surface area contributed by atoms with E-state index in [-0.39, 0.29) is 5.69 Å². The van der Waals surface area contributed by atoms with Crippen LogP contribution in [0.15, 0.2) is 30.5 Å². The monoisotopic (exact) mass is 233 g/mol. The van der Waals surface area contributed by atoms with Gasteiger partial charge in [0, 0.05) is 18.7 Å². The van der Waals surface area contributed by atoms with Crippen LogP contribution in [-0.4, -0.2) is 27.0 Å². The van der Waals surface area contributed by atoms with E-state index in [1.807, 2.05) is 7.05 Å². The van der Waals surface area contributed by atoms with E-state index in [0.717, 1.165) is 5.69 Å². The maximum absolute atomic E-state index is 10.6. The number of hydrogen-bond acceptors (Lipinski definition) is 5. The van der Waals surface area contributed by atoms with Crippen LogP contribution in [0.5, 0.6) is 0 Å². The molecule has 0 amide bonds. The van der Waals surface area contributed by atoms with Gasteiger partial charge in [0.05, 0.1) is 22.5 Å². The van der Waals surface area contributed by atoms with Crippen LogP contribution < -0.4 is 5.32 Å². The van der Waals surface area contributed by atoms with Crippen molar-refractivity contribution in [3.8, 4) is 5.69 Å². The Bertz CT molecular complexity index is 537. The lowest BCUT2D eigenvalue weighted by Crippen LogP contribution is -2.04. The van der Waals surface area contributed by atoms with Gasteiger partial charge in [-0.3, -0.25) is 10.1 Å². The summed E-state index contributed by atoms with van der Waals surface area (Å²) in [4.78, 5) is 10.2. The molecule has 1 aromatic heterocycles. The van der Waals surface area contributed by atoms with Gasteiger partial charge in [0.25, 0.3) is 5.69 Å². The molecule has 0 aliphatic carbocycles. The summed E-state index contributed by atoms with van der Waals surface area (Å²) in [6, 6.07) is 6.25. The molecule has 1 heterocycles. The minimum Gasteiger partial charge on any atom is -0.314 e. The topological polar surface area (TPSA) is 85.9 Å². The van der Waals surface area contributed by atoms with E-state index in [0.29, 0.717) is 12.2 Å². The van der Waals surface area contributed by atoms with Gasteiger partial charge in [-0.25, -0.2) is 4.68 Å². The molecule has 0 aliphatic heterocycles. The zero-order chi connectivity index (χ0) is 12.3. The summed E-state index contributed by atoms with van der Waals surface area (Å²) >= 11 is 0. The SMILES string of the molecule is CNCc1cn(-c2cccc([N+](=O)[O-])c2)nn1. The third-order valence-electron chi connectivity index (χ3n) is 2.20. The Morgan fingerprint density at radius 1 is 1.53 bits per heavy atom. The Hall–Kier alpha value is -2.28. The van der Waals surface area contributed by atoms with Crippen LogP contribution in [0.2, 0.25) is 0 Å². The molecule has 2 aromatic rings. The number of aromatic nitrogens is 3. The summed E-state index contributed by atoms with van der Waals surface area (Å²) in [5.41, 5.74) is 1.43.